The minimum Gasteiger partial charge on any atom is -0.480 e. The number of hydrogen-bond acceptors (Lipinski definition) is 3. The number of benzene rings is 1. The first kappa shape index (κ1) is 16.2. The van der Waals surface area contributed by atoms with E-state index in [1.54, 1.807) is 0 Å². The molecule has 1 aromatic rings. The summed E-state index contributed by atoms with van der Waals surface area (Å²) >= 11 is 0. The Morgan fingerprint density at radius 2 is 1.86 bits per heavy atom. The quantitative estimate of drug-likeness (QED) is 0.790. The van der Waals surface area contributed by atoms with Gasteiger partial charge in [0.25, 0.3) is 0 Å². The van der Waals surface area contributed by atoms with E-state index in [2.05, 4.69) is 5.32 Å². The lowest BCUT2D eigenvalue weighted by molar-refractivity contribution is -0.151. The molecule has 0 bridgehead atoms. The van der Waals surface area contributed by atoms with Crippen molar-refractivity contribution in [1.29, 1.82) is 0 Å². The van der Waals surface area contributed by atoms with Crippen molar-refractivity contribution in [2.75, 3.05) is 0 Å². The topological polar surface area (TPSA) is 83.5 Å². The van der Waals surface area contributed by atoms with E-state index in [4.69, 9.17) is 0 Å². The first-order valence-electron chi connectivity index (χ1n) is 7.49. The maximum Gasteiger partial charge on any atom is 0.329 e. The normalized spacial score (nSPS) is 15.7. The minimum absolute atomic E-state index is 0.0151. The van der Waals surface area contributed by atoms with Crippen LogP contribution in [-0.4, -0.2) is 28.3 Å². The molecule has 0 atom stereocenters. The molecule has 2 rings (SSSR count). The molecule has 0 unspecified atom stereocenters. The molecule has 0 heterocycles. The molecule has 5 heteroatoms. The van der Waals surface area contributed by atoms with E-state index >= 15 is 0 Å². The number of rotatable bonds is 6. The highest BCUT2D eigenvalue weighted by atomic mass is 16.4. The third kappa shape index (κ3) is 3.35. The van der Waals surface area contributed by atoms with Gasteiger partial charge in [-0.25, -0.2) is 4.79 Å². The monoisotopic (exact) mass is 303 g/mol. The number of nitrogens with one attached hydrogen (secondary N) is 1. The van der Waals surface area contributed by atoms with Crippen LogP contribution in [0.1, 0.15) is 53.6 Å². The molecule has 2 N–H and O–H groups in total. The summed E-state index contributed by atoms with van der Waals surface area (Å²) < 4.78 is 0. The number of aliphatic carboxylic acids is 1. The highest BCUT2D eigenvalue weighted by Crippen LogP contribution is 2.32. The lowest BCUT2D eigenvalue weighted by atomic mass is 9.76. The van der Waals surface area contributed by atoms with E-state index in [0.29, 0.717) is 18.4 Å². The van der Waals surface area contributed by atoms with Crippen molar-refractivity contribution in [2.24, 2.45) is 0 Å². The number of hydrogen-bond donors (Lipinski definition) is 2. The molecule has 1 aliphatic rings. The zero-order valence-corrected chi connectivity index (χ0v) is 12.9. The second-order valence-corrected chi connectivity index (χ2v) is 6.03. The molecule has 5 nitrogen and oxygen atoms in total. The van der Waals surface area contributed by atoms with E-state index in [0.717, 1.165) is 17.5 Å². The number of ketones is 1. The van der Waals surface area contributed by atoms with Gasteiger partial charge in [-0.05, 0) is 44.7 Å². The second-order valence-electron chi connectivity index (χ2n) is 6.03. The number of carbonyl (C=O) groups excluding carboxylic acids is 2. The molecule has 118 valence electrons. The van der Waals surface area contributed by atoms with Crippen molar-refractivity contribution in [3.05, 3.63) is 34.9 Å². The van der Waals surface area contributed by atoms with E-state index in [1.807, 2.05) is 32.0 Å². The zero-order valence-electron chi connectivity index (χ0n) is 12.9. The fourth-order valence-corrected chi connectivity index (χ4v) is 2.65. The molecule has 0 radical (unpaired) electrons. The molecule has 0 spiro atoms. The predicted molar refractivity (Wildman–Crippen MR) is 81.8 cm³/mol. The van der Waals surface area contributed by atoms with Crippen LogP contribution in [0.3, 0.4) is 0 Å². The van der Waals surface area contributed by atoms with Crippen LogP contribution in [0.25, 0.3) is 0 Å². The zero-order chi connectivity index (χ0) is 16.3. The largest absolute Gasteiger partial charge is 0.480 e. The molecule has 1 aliphatic carbocycles. The third-order valence-electron chi connectivity index (χ3n) is 4.27. The van der Waals surface area contributed by atoms with Crippen molar-refractivity contribution >= 4 is 17.7 Å². The number of Topliss-reactive ketones (excluding diaryl/α,β-unsaturated/α-hetero) is 1. The highest BCUT2D eigenvalue weighted by Gasteiger charge is 2.45. The third-order valence-corrected chi connectivity index (χ3v) is 4.27. The average Bonchev–Trinajstić information content (AvgIpc) is 2.42. The Kier molecular flexibility index (Phi) is 4.64. The number of amides is 1. The van der Waals surface area contributed by atoms with Crippen LogP contribution in [-0.2, 0) is 9.59 Å². The SMILES string of the molecule is Cc1ccc(C)c(C(=O)CCC(=O)NC2(C(=O)O)CCC2)c1. The Balaban J connectivity index is 1.92. The van der Waals surface area contributed by atoms with Crippen LogP contribution in [0.5, 0.6) is 0 Å². The van der Waals surface area contributed by atoms with Gasteiger partial charge >= 0.3 is 5.97 Å². The lowest BCUT2D eigenvalue weighted by Crippen LogP contribution is -2.59. The van der Waals surface area contributed by atoms with E-state index in [9.17, 15) is 19.5 Å². The van der Waals surface area contributed by atoms with Gasteiger partial charge in [-0.15, -0.1) is 0 Å². The van der Waals surface area contributed by atoms with Crippen molar-refractivity contribution in [2.45, 2.75) is 51.5 Å². The summed E-state index contributed by atoms with van der Waals surface area (Å²) in [5.41, 5.74) is 1.40. The fraction of sp³-hybridized carbons (Fsp3) is 0.471. The number of aryl methyl sites for hydroxylation is 2. The summed E-state index contributed by atoms with van der Waals surface area (Å²) in [6, 6.07) is 5.64. The fourth-order valence-electron chi connectivity index (χ4n) is 2.65. The van der Waals surface area contributed by atoms with Gasteiger partial charge in [0.15, 0.2) is 5.78 Å². The maximum atomic E-state index is 12.2. The summed E-state index contributed by atoms with van der Waals surface area (Å²) in [6.07, 6.45) is 1.82. The predicted octanol–water partition coefficient (Wildman–Crippen LogP) is 2.39. The van der Waals surface area contributed by atoms with Crippen LogP contribution in [0.2, 0.25) is 0 Å². The van der Waals surface area contributed by atoms with Gasteiger partial charge in [0.2, 0.25) is 5.91 Å². The van der Waals surface area contributed by atoms with Gasteiger partial charge in [-0.3, -0.25) is 9.59 Å². The van der Waals surface area contributed by atoms with Crippen molar-refractivity contribution < 1.29 is 19.5 Å². The maximum absolute atomic E-state index is 12.2. The van der Waals surface area contributed by atoms with Crippen LogP contribution >= 0.6 is 0 Å². The smallest absolute Gasteiger partial charge is 0.329 e. The second kappa shape index (κ2) is 6.30. The molecular formula is C17H21NO4. The molecule has 22 heavy (non-hydrogen) atoms. The molecule has 1 amide bonds. The van der Waals surface area contributed by atoms with Gasteiger partial charge in [-0.1, -0.05) is 17.7 Å². The Hall–Kier alpha value is -2.17. The van der Waals surface area contributed by atoms with Crippen LogP contribution in [0, 0.1) is 13.8 Å². The van der Waals surface area contributed by atoms with Crippen molar-refractivity contribution in [3.8, 4) is 0 Å². The Bertz CT molecular complexity index is 617. The number of carboxylic acids is 1. The Morgan fingerprint density at radius 1 is 1.18 bits per heavy atom. The van der Waals surface area contributed by atoms with Gasteiger partial charge in [0.05, 0.1) is 0 Å². The molecule has 0 saturated heterocycles. The molecule has 1 saturated carbocycles. The van der Waals surface area contributed by atoms with Crippen molar-refractivity contribution in [1.82, 2.24) is 5.32 Å². The highest BCUT2D eigenvalue weighted by molar-refractivity contribution is 5.99. The lowest BCUT2D eigenvalue weighted by Gasteiger charge is -2.38. The number of carbonyl (C=O) groups is 3. The molecule has 1 fully saturated rings. The Morgan fingerprint density at radius 3 is 2.41 bits per heavy atom. The molecule has 0 aromatic heterocycles. The van der Waals surface area contributed by atoms with Gasteiger partial charge in [0.1, 0.15) is 5.54 Å². The van der Waals surface area contributed by atoms with E-state index in [-0.39, 0.29) is 24.5 Å². The van der Waals surface area contributed by atoms with Crippen LogP contribution in [0.15, 0.2) is 18.2 Å². The molecular weight excluding hydrogens is 282 g/mol. The summed E-state index contributed by atoms with van der Waals surface area (Å²) in [5.74, 6) is -1.46. The summed E-state index contributed by atoms with van der Waals surface area (Å²) in [5, 5.41) is 11.7. The van der Waals surface area contributed by atoms with Crippen LogP contribution in [0.4, 0.5) is 0 Å². The van der Waals surface area contributed by atoms with Gasteiger partial charge < -0.3 is 10.4 Å². The van der Waals surface area contributed by atoms with Gasteiger partial charge in [0, 0.05) is 18.4 Å². The first-order chi connectivity index (χ1) is 10.3. The average molecular weight is 303 g/mol. The van der Waals surface area contributed by atoms with Gasteiger partial charge in [-0.2, -0.15) is 0 Å². The first-order valence-corrected chi connectivity index (χ1v) is 7.49. The summed E-state index contributed by atoms with van der Waals surface area (Å²) in [7, 11) is 0. The Labute approximate surface area is 129 Å². The van der Waals surface area contributed by atoms with E-state index in [1.165, 1.54) is 0 Å². The standard InChI is InChI=1S/C17H21NO4/c1-11-4-5-12(2)13(10-11)14(19)6-7-15(20)18-17(16(21)22)8-3-9-17/h4-5,10H,3,6-9H2,1-2H3,(H,18,20)(H,21,22). The van der Waals surface area contributed by atoms with Crippen molar-refractivity contribution in [3.63, 3.8) is 0 Å². The molecule has 0 aliphatic heterocycles. The summed E-state index contributed by atoms with van der Waals surface area (Å²) in [6.45, 7) is 3.77. The summed E-state index contributed by atoms with van der Waals surface area (Å²) in [4.78, 5) is 35.3. The minimum atomic E-state index is -1.11. The molecule has 1 aromatic carbocycles. The van der Waals surface area contributed by atoms with Crippen LogP contribution < -0.4 is 5.32 Å². The van der Waals surface area contributed by atoms with E-state index < -0.39 is 11.5 Å². The number of carboxylic acid groups (broad SMARTS) is 1.